The lowest BCUT2D eigenvalue weighted by Gasteiger charge is -2.02. The molecule has 0 aliphatic heterocycles. The molecular weight excluding hydrogens is 412 g/mol. The summed E-state index contributed by atoms with van der Waals surface area (Å²) in [5.41, 5.74) is 3.71. The number of hydrogen-bond donors (Lipinski definition) is 0. The van der Waals surface area contributed by atoms with Gasteiger partial charge < -0.3 is 0 Å². The van der Waals surface area contributed by atoms with Crippen molar-refractivity contribution < 1.29 is 8.42 Å². The molecule has 4 nitrogen and oxygen atoms in total. The summed E-state index contributed by atoms with van der Waals surface area (Å²) in [7, 11) is -3.23. The summed E-state index contributed by atoms with van der Waals surface area (Å²) in [5, 5.41) is 1.48. The summed E-state index contributed by atoms with van der Waals surface area (Å²) < 4.78 is 23.4. The zero-order chi connectivity index (χ0) is 19.7. The van der Waals surface area contributed by atoms with Gasteiger partial charge in [0.1, 0.15) is 5.01 Å². The van der Waals surface area contributed by atoms with Crippen LogP contribution in [0.15, 0.2) is 78.0 Å². The maximum atomic E-state index is 11.7. The number of sulfone groups is 1. The summed E-state index contributed by atoms with van der Waals surface area (Å²) in [6, 6.07) is 18.3. The predicted molar refractivity (Wildman–Crippen MR) is 114 cm³/mol. The van der Waals surface area contributed by atoms with Crippen LogP contribution in [-0.2, 0) is 9.84 Å². The smallest absolute Gasteiger partial charge is 0.175 e. The zero-order valence-electron chi connectivity index (χ0n) is 14.8. The van der Waals surface area contributed by atoms with Crippen molar-refractivity contribution in [3.63, 3.8) is 0 Å². The first-order chi connectivity index (χ1) is 13.4. The average Bonchev–Trinajstić information content (AvgIpc) is 3.14. The van der Waals surface area contributed by atoms with E-state index in [9.17, 15) is 8.42 Å². The highest BCUT2D eigenvalue weighted by molar-refractivity contribution is 7.90. The lowest BCUT2D eigenvalue weighted by atomic mass is 10.1. The van der Waals surface area contributed by atoms with Gasteiger partial charge in [0.05, 0.1) is 15.5 Å². The second kappa shape index (κ2) is 7.47. The van der Waals surface area contributed by atoms with Crippen LogP contribution in [-0.4, -0.2) is 24.6 Å². The number of aromatic nitrogens is 2. The molecule has 28 heavy (non-hydrogen) atoms. The minimum absolute atomic E-state index is 0.292. The highest BCUT2D eigenvalue weighted by Crippen LogP contribution is 2.40. The topological polar surface area (TPSA) is 59.9 Å². The molecule has 4 aromatic rings. The molecule has 0 saturated carbocycles. The highest BCUT2D eigenvalue weighted by atomic mass is 35.5. The standard InChI is InChI=1S/C21H15ClN2O2S2/c1-28(25,26)18-8-4-16(5-9-18)21-24-19(14-2-6-17(22)7-3-14)20(27-21)15-10-12-23-13-11-15/h2-13H,1H3. The van der Waals surface area contributed by atoms with Crippen molar-refractivity contribution in [1.29, 1.82) is 0 Å². The number of pyridine rings is 1. The van der Waals surface area contributed by atoms with E-state index >= 15 is 0 Å². The number of rotatable bonds is 4. The summed E-state index contributed by atoms with van der Waals surface area (Å²) in [5.74, 6) is 0. The third-order valence-corrected chi connectivity index (χ3v) is 6.75. The molecule has 2 aromatic heterocycles. The monoisotopic (exact) mass is 426 g/mol. The van der Waals surface area contributed by atoms with Gasteiger partial charge in [-0.15, -0.1) is 11.3 Å². The molecular formula is C21H15ClN2O2S2. The van der Waals surface area contributed by atoms with E-state index in [1.54, 1.807) is 48.0 Å². The molecule has 7 heteroatoms. The number of benzene rings is 2. The molecule has 0 atom stereocenters. The Balaban J connectivity index is 1.85. The Morgan fingerprint density at radius 1 is 0.821 bits per heavy atom. The minimum Gasteiger partial charge on any atom is -0.265 e. The van der Waals surface area contributed by atoms with Crippen LogP contribution in [0, 0.1) is 0 Å². The summed E-state index contributed by atoms with van der Waals surface area (Å²) in [6.45, 7) is 0. The number of hydrogen-bond acceptors (Lipinski definition) is 5. The molecule has 0 amide bonds. The quantitative estimate of drug-likeness (QED) is 0.426. The van der Waals surface area contributed by atoms with Crippen molar-refractivity contribution in [2.24, 2.45) is 0 Å². The fourth-order valence-corrected chi connectivity index (χ4v) is 4.65. The molecule has 2 heterocycles. The van der Waals surface area contributed by atoms with Gasteiger partial charge in [-0.25, -0.2) is 13.4 Å². The maximum Gasteiger partial charge on any atom is 0.175 e. The van der Waals surface area contributed by atoms with E-state index < -0.39 is 9.84 Å². The third kappa shape index (κ3) is 3.85. The van der Waals surface area contributed by atoms with Crippen LogP contribution in [0.4, 0.5) is 0 Å². The van der Waals surface area contributed by atoms with Crippen LogP contribution in [0.25, 0.3) is 32.3 Å². The van der Waals surface area contributed by atoms with Gasteiger partial charge in [-0.05, 0) is 42.0 Å². The molecule has 0 aliphatic rings. The molecule has 4 rings (SSSR count). The molecule has 140 valence electrons. The van der Waals surface area contributed by atoms with Gasteiger partial charge in [-0.2, -0.15) is 0 Å². The van der Waals surface area contributed by atoms with E-state index in [1.165, 1.54) is 6.26 Å². The lowest BCUT2D eigenvalue weighted by molar-refractivity contribution is 0.602. The van der Waals surface area contributed by atoms with Gasteiger partial charge in [0.25, 0.3) is 0 Å². The lowest BCUT2D eigenvalue weighted by Crippen LogP contribution is -1.96. The molecule has 0 fully saturated rings. The molecule has 0 aliphatic carbocycles. The average molecular weight is 427 g/mol. The Kier molecular flexibility index (Phi) is 5.02. The highest BCUT2D eigenvalue weighted by Gasteiger charge is 2.17. The first-order valence-corrected chi connectivity index (χ1v) is 11.5. The second-order valence-corrected chi connectivity index (χ2v) is 9.69. The third-order valence-electron chi connectivity index (χ3n) is 4.22. The van der Waals surface area contributed by atoms with E-state index in [0.717, 1.165) is 32.3 Å². The van der Waals surface area contributed by atoms with E-state index in [1.807, 2.05) is 36.4 Å². The van der Waals surface area contributed by atoms with E-state index in [4.69, 9.17) is 16.6 Å². The largest absolute Gasteiger partial charge is 0.265 e. The Morgan fingerprint density at radius 3 is 2.04 bits per heavy atom. The fraction of sp³-hybridized carbons (Fsp3) is 0.0476. The SMILES string of the molecule is CS(=O)(=O)c1ccc(-c2nc(-c3ccc(Cl)cc3)c(-c3ccncc3)s2)cc1. The van der Waals surface area contributed by atoms with Crippen LogP contribution in [0.1, 0.15) is 0 Å². The summed E-state index contributed by atoms with van der Waals surface area (Å²) in [4.78, 5) is 10.3. The van der Waals surface area contributed by atoms with Crippen LogP contribution in [0.5, 0.6) is 0 Å². The minimum atomic E-state index is -3.23. The molecule has 0 bridgehead atoms. The molecule has 2 aromatic carbocycles. The van der Waals surface area contributed by atoms with Crippen molar-refractivity contribution >= 4 is 32.8 Å². The summed E-state index contributed by atoms with van der Waals surface area (Å²) in [6.07, 6.45) is 4.70. The van der Waals surface area contributed by atoms with E-state index in [2.05, 4.69) is 4.98 Å². The van der Waals surface area contributed by atoms with Gasteiger partial charge in [0.2, 0.25) is 0 Å². The molecule has 0 spiro atoms. The Labute approximate surface area is 172 Å². The normalized spacial score (nSPS) is 11.5. The Morgan fingerprint density at radius 2 is 1.43 bits per heavy atom. The van der Waals surface area contributed by atoms with Gasteiger partial charge in [-0.3, -0.25) is 4.98 Å². The molecule has 0 unspecified atom stereocenters. The van der Waals surface area contributed by atoms with Gasteiger partial charge in [-0.1, -0.05) is 35.9 Å². The van der Waals surface area contributed by atoms with Crippen LogP contribution in [0.2, 0.25) is 5.02 Å². The fourth-order valence-electron chi connectivity index (χ4n) is 2.79. The Bertz CT molecular complexity index is 1220. The van der Waals surface area contributed by atoms with Crippen LogP contribution < -0.4 is 0 Å². The van der Waals surface area contributed by atoms with Crippen molar-refractivity contribution in [3.8, 4) is 32.3 Å². The van der Waals surface area contributed by atoms with Crippen molar-refractivity contribution in [1.82, 2.24) is 9.97 Å². The van der Waals surface area contributed by atoms with E-state index in [-0.39, 0.29) is 0 Å². The Hall–Kier alpha value is -2.54. The number of halogens is 1. The van der Waals surface area contributed by atoms with Gasteiger partial charge in [0, 0.05) is 34.8 Å². The molecule has 0 N–H and O–H groups in total. The first kappa shape index (κ1) is 18.8. The molecule has 0 saturated heterocycles. The van der Waals surface area contributed by atoms with Crippen LogP contribution in [0.3, 0.4) is 0 Å². The molecule has 0 radical (unpaired) electrons. The number of nitrogens with zero attached hydrogens (tertiary/aromatic N) is 2. The second-order valence-electron chi connectivity index (χ2n) is 6.24. The maximum absolute atomic E-state index is 11.7. The predicted octanol–water partition coefficient (Wildman–Crippen LogP) is 5.60. The van der Waals surface area contributed by atoms with Gasteiger partial charge in [0.15, 0.2) is 9.84 Å². The van der Waals surface area contributed by atoms with E-state index in [0.29, 0.717) is 9.92 Å². The first-order valence-electron chi connectivity index (χ1n) is 8.39. The van der Waals surface area contributed by atoms with Gasteiger partial charge >= 0.3 is 0 Å². The van der Waals surface area contributed by atoms with Crippen molar-refractivity contribution in [3.05, 3.63) is 78.1 Å². The summed E-state index contributed by atoms with van der Waals surface area (Å²) >= 11 is 7.59. The zero-order valence-corrected chi connectivity index (χ0v) is 17.2. The van der Waals surface area contributed by atoms with Crippen LogP contribution >= 0.6 is 22.9 Å². The van der Waals surface area contributed by atoms with Crippen molar-refractivity contribution in [2.75, 3.05) is 6.26 Å². The number of thiazole rings is 1. The van der Waals surface area contributed by atoms with Crippen molar-refractivity contribution in [2.45, 2.75) is 4.90 Å².